The maximum absolute atomic E-state index is 14.3. The number of anilines is 5. The highest BCUT2D eigenvalue weighted by Gasteiger charge is 2.40. The van der Waals surface area contributed by atoms with E-state index >= 15 is 0 Å². The standard InChI is InChI=1S/C61H73N9O10/c1-7-62-22-14-15-23-63-56(71)20-12-13-21-57(72)65-37(2)58(73)66-38(3)59(74)67-43-25-39(35-79-54-31-48-46(29-52(54)77-5)60(75)69-44(33-64-48)27-41-16-8-10-18-49(41)69)24-40(26-43)36-80-55-32-51-47(30-53(55)78-6)61(76)70-45(34-68(51)4)28-42-17-9-11-19-50(42)70/h8-11,16-19,24-26,29-32,37-38,44-45,62,64H,7,12-15,20-23,27-28,33-36H2,1-6H3,(H,63,71)(H,65,72)(H,66,73)(H,67,74)/t37-,38-,44-,45-/m0/s1. The first-order valence-electron chi connectivity index (χ1n) is 27.7. The molecule has 0 fully saturated rings. The second-order valence-corrected chi connectivity index (χ2v) is 20.9. The van der Waals surface area contributed by atoms with Crippen LogP contribution < -0.4 is 65.5 Å². The Hall–Kier alpha value is -8.32. The zero-order valence-electron chi connectivity index (χ0n) is 46.5. The fourth-order valence-corrected chi connectivity index (χ4v) is 10.9. The van der Waals surface area contributed by atoms with Crippen molar-refractivity contribution in [2.24, 2.45) is 0 Å². The lowest BCUT2D eigenvalue weighted by Gasteiger charge is -2.25. The summed E-state index contributed by atoms with van der Waals surface area (Å²) in [5, 5.41) is 18.0. The third-order valence-electron chi connectivity index (χ3n) is 15.1. The van der Waals surface area contributed by atoms with E-state index in [0.717, 1.165) is 61.3 Å². The van der Waals surface area contributed by atoms with Crippen LogP contribution >= 0.6 is 0 Å². The second kappa shape index (κ2) is 25.6. The van der Waals surface area contributed by atoms with Crippen LogP contribution in [0, 0.1) is 0 Å². The molecule has 19 heteroatoms. The van der Waals surface area contributed by atoms with Crippen molar-refractivity contribution >= 4 is 63.9 Å². The van der Waals surface area contributed by atoms with Gasteiger partial charge in [-0.15, -0.1) is 0 Å². The molecular formula is C61H73N9O10. The Labute approximate surface area is 467 Å². The van der Waals surface area contributed by atoms with Crippen LogP contribution in [0.25, 0.3) is 0 Å². The van der Waals surface area contributed by atoms with E-state index in [-0.39, 0.29) is 55.3 Å². The number of nitrogens with zero attached hydrogens (tertiary/aromatic N) is 3. The topological polar surface area (TPSA) is 221 Å². The maximum Gasteiger partial charge on any atom is 0.260 e. The number of fused-ring (bicyclic) bond motifs is 8. The number of carbonyl (C=O) groups excluding carboxylic acids is 6. The average molecular weight is 1090 g/mol. The molecule has 6 amide bonds. The number of carbonyl (C=O) groups is 6. The van der Waals surface area contributed by atoms with Gasteiger partial charge in [0.05, 0.1) is 48.8 Å². The summed E-state index contributed by atoms with van der Waals surface area (Å²) in [7, 11) is 5.01. The second-order valence-electron chi connectivity index (χ2n) is 20.9. The zero-order valence-corrected chi connectivity index (χ0v) is 46.5. The summed E-state index contributed by atoms with van der Waals surface area (Å²) >= 11 is 0. The van der Waals surface area contributed by atoms with Crippen LogP contribution in [0.4, 0.5) is 28.4 Å². The quantitative estimate of drug-likeness (QED) is 0.0347. The molecule has 4 aliphatic rings. The molecule has 80 heavy (non-hydrogen) atoms. The Bertz CT molecular complexity index is 3130. The third-order valence-corrected chi connectivity index (χ3v) is 15.1. The zero-order chi connectivity index (χ0) is 56.5. The molecule has 0 radical (unpaired) electrons. The van der Waals surface area contributed by atoms with Crippen molar-refractivity contribution in [3.05, 3.63) is 124 Å². The van der Waals surface area contributed by atoms with Crippen LogP contribution in [-0.2, 0) is 45.2 Å². The Balaban J connectivity index is 0.882. The van der Waals surface area contributed by atoms with Gasteiger partial charge in [-0.05, 0) is 130 Å². The molecule has 0 aliphatic carbocycles. The number of methoxy groups -OCH3 is 2. The van der Waals surface area contributed by atoms with Gasteiger partial charge in [0.25, 0.3) is 11.8 Å². The number of benzene rings is 5. The van der Waals surface area contributed by atoms with Gasteiger partial charge in [-0.25, -0.2) is 0 Å². The molecule has 0 saturated heterocycles. The highest BCUT2D eigenvalue weighted by molar-refractivity contribution is 6.13. The van der Waals surface area contributed by atoms with Crippen molar-refractivity contribution in [2.45, 2.75) is 110 Å². The Morgan fingerprint density at radius 1 is 0.637 bits per heavy atom. The average Bonchev–Trinajstić information content (AvgIpc) is 4.15. The number of ether oxygens (including phenoxy) is 4. The third kappa shape index (κ3) is 12.9. The minimum absolute atomic E-state index is 0.00574. The van der Waals surface area contributed by atoms with E-state index in [0.29, 0.717) is 101 Å². The first-order valence-corrected chi connectivity index (χ1v) is 27.7. The highest BCUT2D eigenvalue weighted by atomic mass is 16.5. The molecule has 6 N–H and O–H groups in total. The van der Waals surface area contributed by atoms with Crippen molar-refractivity contribution in [1.82, 2.24) is 21.3 Å². The van der Waals surface area contributed by atoms with Crippen molar-refractivity contribution in [1.29, 1.82) is 0 Å². The highest BCUT2D eigenvalue weighted by Crippen LogP contribution is 2.43. The van der Waals surface area contributed by atoms with Gasteiger partial charge in [-0.3, -0.25) is 28.8 Å². The Kier molecular flexibility index (Phi) is 18.1. The van der Waals surface area contributed by atoms with E-state index in [1.807, 2.05) is 65.4 Å². The SMILES string of the molecule is CCNCCCCNC(=O)CCCCC(=O)N[C@@H](C)C(=O)N[C@@H](C)C(=O)Nc1cc(COc2cc3c(cc2OC)C(=O)N2c4ccccc4C[C@H]2CN3)cc(COc2cc3c(cc2OC)C(=O)N2c4ccccc4C[C@H]2CN3C)c1. The maximum atomic E-state index is 14.3. The number of hydrogen-bond donors (Lipinski definition) is 6. The van der Waals surface area contributed by atoms with E-state index in [1.165, 1.54) is 14.2 Å². The fourth-order valence-electron chi connectivity index (χ4n) is 10.9. The normalized spacial score (nSPS) is 16.4. The molecule has 4 aliphatic heterocycles. The van der Waals surface area contributed by atoms with E-state index in [2.05, 4.69) is 55.9 Å². The van der Waals surface area contributed by atoms with Gasteiger partial charge in [0.1, 0.15) is 25.3 Å². The van der Waals surface area contributed by atoms with Crippen LogP contribution in [0.15, 0.2) is 91.0 Å². The largest absolute Gasteiger partial charge is 0.493 e. The van der Waals surface area contributed by atoms with Crippen LogP contribution in [0.3, 0.4) is 0 Å². The molecule has 4 heterocycles. The number of nitrogens with one attached hydrogen (secondary N) is 6. The number of hydrogen-bond acceptors (Lipinski definition) is 13. The minimum atomic E-state index is -1.01. The van der Waals surface area contributed by atoms with Crippen molar-refractivity contribution in [3.8, 4) is 23.0 Å². The van der Waals surface area contributed by atoms with Crippen LogP contribution in [0.1, 0.15) is 102 Å². The molecule has 422 valence electrons. The van der Waals surface area contributed by atoms with Crippen molar-refractivity contribution in [3.63, 3.8) is 0 Å². The van der Waals surface area contributed by atoms with Gasteiger partial charge in [0, 0.05) is 68.7 Å². The molecule has 0 bridgehead atoms. The number of unbranched alkanes of at least 4 members (excludes halogenated alkanes) is 2. The molecule has 5 aromatic rings. The lowest BCUT2D eigenvalue weighted by Crippen LogP contribution is -2.50. The van der Waals surface area contributed by atoms with Gasteiger partial charge < -0.3 is 65.5 Å². The molecule has 0 aromatic heterocycles. The van der Waals surface area contributed by atoms with Crippen LogP contribution in [0.2, 0.25) is 0 Å². The first-order chi connectivity index (χ1) is 38.7. The lowest BCUT2D eigenvalue weighted by atomic mass is 10.1. The number of para-hydroxylation sites is 2. The minimum Gasteiger partial charge on any atom is -0.493 e. The summed E-state index contributed by atoms with van der Waals surface area (Å²) < 4.78 is 24.7. The van der Waals surface area contributed by atoms with Gasteiger partial charge in [0.2, 0.25) is 23.6 Å². The molecule has 0 saturated carbocycles. The summed E-state index contributed by atoms with van der Waals surface area (Å²) in [5.74, 6) is -0.183. The molecule has 19 nitrogen and oxygen atoms in total. The van der Waals surface area contributed by atoms with E-state index in [4.69, 9.17) is 18.9 Å². The van der Waals surface area contributed by atoms with E-state index < -0.39 is 23.9 Å². The van der Waals surface area contributed by atoms with E-state index in [1.54, 1.807) is 44.2 Å². The van der Waals surface area contributed by atoms with Gasteiger partial charge in [-0.2, -0.15) is 0 Å². The summed E-state index contributed by atoms with van der Waals surface area (Å²) in [6.45, 7) is 8.75. The first kappa shape index (κ1) is 56.4. The van der Waals surface area contributed by atoms with Gasteiger partial charge in [-0.1, -0.05) is 43.3 Å². The molecule has 9 rings (SSSR count). The Morgan fingerprint density at radius 3 is 1.88 bits per heavy atom. The monoisotopic (exact) mass is 1090 g/mol. The summed E-state index contributed by atoms with van der Waals surface area (Å²) in [6, 6.07) is 26.3. The van der Waals surface area contributed by atoms with Gasteiger partial charge >= 0.3 is 0 Å². The number of likely N-dealkylation sites (N-methyl/N-ethyl adjacent to an activating group) is 1. The summed E-state index contributed by atoms with van der Waals surface area (Å²) in [6.07, 6.45) is 4.82. The summed E-state index contributed by atoms with van der Waals surface area (Å²) in [4.78, 5) is 86.5. The molecule has 4 atom stereocenters. The summed E-state index contributed by atoms with van der Waals surface area (Å²) in [5.41, 5.74) is 8.00. The number of rotatable bonds is 24. The predicted octanol–water partition coefficient (Wildman–Crippen LogP) is 6.89. The Morgan fingerprint density at radius 2 is 1.21 bits per heavy atom. The van der Waals surface area contributed by atoms with Crippen LogP contribution in [-0.4, -0.2) is 114 Å². The molecule has 5 aromatic carbocycles. The lowest BCUT2D eigenvalue weighted by molar-refractivity contribution is -0.130. The fraction of sp³-hybridized carbons (Fsp3) is 0.410. The van der Waals surface area contributed by atoms with Crippen molar-refractivity contribution in [2.75, 3.05) is 79.3 Å². The smallest absolute Gasteiger partial charge is 0.260 e. The van der Waals surface area contributed by atoms with Gasteiger partial charge in [0.15, 0.2) is 23.0 Å². The van der Waals surface area contributed by atoms with Crippen LogP contribution in [0.5, 0.6) is 23.0 Å². The molecule has 0 unspecified atom stereocenters. The number of amides is 6. The predicted molar refractivity (Wildman–Crippen MR) is 307 cm³/mol. The molecular weight excluding hydrogens is 1020 g/mol. The van der Waals surface area contributed by atoms with Crippen molar-refractivity contribution < 1.29 is 47.7 Å². The van der Waals surface area contributed by atoms with E-state index in [9.17, 15) is 28.8 Å². The molecule has 0 spiro atoms.